The first-order valence-corrected chi connectivity index (χ1v) is 9.72. The first-order chi connectivity index (χ1) is 13.2. The average Bonchev–Trinajstić information content (AvgIpc) is 3.43. The number of para-hydroxylation sites is 1. The maximum atomic E-state index is 12.7. The van der Waals surface area contributed by atoms with Gasteiger partial charge in [0.05, 0.1) is 23.4 Å². The highest BCUT2D eigenvalue weighted by molar-refractivity contribution is 7.11. The molecular formula is C20H18N2O4S. The number of fused-ring (bicyclic) bond motifs is 1. The van der Waals surface area contributed by atoms with Crippen molar-refractivity contribution in [1.29, 1.82) is 0 Å². The van der Waals surface area contributed by atoms with Crippen LogP contribution in [0, 0.1) is 0 Å². The van der Waals surface area contributed by atoms with Gasteiger partial charge < -0.3 is 9.47 Å². The summed E-state index contributed by atoms with van der Waals surface area (Å²) in [6.45, 7) is 2.04. The first-order valence-electron chi connectivity index (χ1n) is 8.84. The lowest BCUT2D eigenvalue weighted by molar-refractivity contribution is 0.0470. The minimum absolute atomic E-state index is 0.00412. The van der Waals surface area contributed by atoms with Crippen molar-refractivity contribution in [2.45, 2.75) is 32.3 Å². The topological polar surface area (TPSA) is 78.4 Å². The van der Waals surface area contributed by atoms with Gasteiger partial charge in [0, 0.05) is 22.4 Å². The highest BCUT2D eigenvalue weighted by atomic mass is 32.1. The van der Waals surface area contributed by atoms with Gasteiger partial charge in [-0.2, -0.15) is 0 Å². The van der Waals surface area contributed by atoms with Gasteiger partial charge in [0.15, 0.2) is 0 Å². The maximum Gasteiger partial charge on any atom is 0.367 e. The third-order valence-corrected chi connectivity index (χ3v) is 5.18. The van der Waals surface area contributed by atoms with Crippen molar-refractivity contribution < 1.29 is 19.1 Å². The Balaban J connectivity index is 1.52. The smallest absolute Gasteiger partial charge is 0.367 e. The van der Waals surface area contributed by atoms with E-state index in [0.29, 0.717) is 23.8 Å². The molecule has 6 nitrogen and oxygen atoms in total. The second-order valence-corrected chi connectivity index (χ2v) is 7.18. The molecule has 1 fully saturated rings. The highest BCUT2D eigenvalue weighted by Crippen LogP contribution is 2.40. The Kier molecular flexibility index (Phi) is 4.85. The Morgan fingerprint density at radius 2 is 1.96 bits per heavy atom. The van der Waals surface area contributed by atoms with Gasteiger partial charge in [-0.05, 0) is 31.9 Å². The Morgan fingerprint density at radius 1 is 1.15 bits per heavy atom. The molecule has 1 aliphatic carbocycles. The normalized spacial score (nSPS) is 13.5. The van der Waals surface area contributed by atoms with E-state index in [1.165, 1.54) is 11.3 Å². The number of nitrogens with zero attached hydrogens (tertiary/aromatic N) is 2. The van der Waals surface area contributed by atoms with Crippen molar-refractivity contribution >= 4 is 34.2 Å². The zero-order valence-corrected chi connectivity index (χ0v) is 15.6. The number of esters is 2. The van der Waals surface area contributed by atoms with Crippen LogP contribution in [0.15, 0.2) is 35.7 Å². The highest BCUT2D eigenvalue weighted by Gasteiger charge is 2.27. The summed E-state index contributed by atoms with van der Waals surface area (Å²) in [6.07, 6.45) is 2.21. The fourth-order valence-electron chi connectivity index (χ4n) is 2.83. The minimum atomic E-state index is -0.464. The minimum Gasteiger partial charge on any atom is -0.461 e. The Morgan fingerprint density at radius 3 is 2.74 bits per heavy atom. The predicted molar refractivity (Wildman–Crippen MR) is 101 cm³/mol. The number of carbonyl (C=O) groups is 2. The second kappa shape index (κ2) is 7.44. The van der Waals surface area contributed by atoms with Crippen molar-refractivity contribution in [3.8, 4) is 0 Å². The van der Waals surface area contributed by atoms with Gasteiger partial charge in [-0.3, -0.25) is 4.98 Å². The molecule has 0 saturated heterocycles. The zero-order chi connectivity index (χ0) is 18.8. The number of aromatic nitrogens is 2. The van der Waals surface area contributed by atoms with Crippen LogP contribution >= 0.6 is 11.3 Å². The van der Waals surface area contributed by atoms with Crippen molar-refractivity contribution in [2.75, 3.05) is 6.61 Å². The number of ether oxygens (including phenoxy) is 2. The number of benzene rings is 1. The predicted octanol–water partition coefficient (Wildman–Crippen LogP) is 4.10. The molecule has 0 N–H and O–H groups in total. The molecule has 1 saturated carbocycles. The lowest BCUT2D eigenvalue weighted by Crippen LogP contribution is -2.08. The molecule has 4 rings (SSSR count). The van der Waals surface area contributed by atoms with Crippen LogP contribution in [0.2, 0.25) is 0 Å². The van der Waals surface area contributed by atoms with E-state index in [9.17, 15) is 9.59 Å². The van der Waals surface area contributed by atoms with E-state index >= 15 is 0 Å². The molecule has 0 spiro atoms. The molecule has 0 bridgehead atoms. The summed E-state index contributed by atoms with van der Waals surface area (Å²) in [5.41, 5.74) is 2.78. The van der Waals surface area contributed by atoms with Gasteiger partial charge in [-0.15, -0.1) is 11.3 Å². The molecule has 0 amide bonds. The fourth-order valence-corrected chi connectivity index (χ4v) is 3.52. The summed E-state index contributed by atoms with van der Waals surface area (Å²) in [5.74, 6) is -0.442. The average molecular weight is 382 g/mol. The summed E-state index contributed by atoms with van der Waals surface area (Å²) < 4.78 is 10.4. The molecule has 1 aliphatic rings. The zero-order valence-electron chi connectivity index (χ0n) is 14.8. The van der Waals surface area contributed by atoms with Crippen molar-refractivity contribution in [3.05, 3.63) is 57.7 Å². The van der Waals surface area contributed by atoms with Crippen LogP contribution in [0.25, 0.3) is 10.9 Å². The summed E-state index contributed by atoms with van der Waals surface area (Å²) in [7, 11) is 0. The van der Waals surface area contributed by atoms with Crippen LogP contribution in [-0.2, 0) is 16.1 Å². The van der Waals surface area contributed by atoms with Gasteiger partial charge in [0.1, 0.15) is 6.61 Å². The number of carbonyl (C=O) groups excluding carboxylic acids is 2. The Labute approximate surface area is 160 Å². The second-order valence-electron chi connectivity index (χ2n) is 6.33. The number of hydrogen-bond acceptors (Lipinski definition) is 7. The number of pyridine rings is 1. The number of hydrogen-bond donors (Lipinski definition) is 0. The van der Waals surface area contributed by atoms with E-state index in [2.05, 4.69) is 9.97 Å². The Hall–Kier alpha value is -2.80. The monoisotopic (exact) mass is 382 g/mol. The van der Waals surface area contributed by atoms with Gasteiger partial charge >= 0.3 is 11.9 Å². The molecular weight excluding hydrogens is 364 g/mol. The molecule has 27 heavy (non-hydrogen) atoms. The summed E-state index contributed by atoms with van der Waals surface area (Å²) >= 11 is 1.18. The van der Waals surface area contributed by atoms with Crippen LogP contribution in [0.3, 0.4) is 0 Å². The quantitative estimate of drug-likeness (QED) is 0.597. The lowest BCUT2D eigenvalue weighted by Gasteiger charge is -2.09. The lowest BCUT2D eigenvalue weighted by atomic mass is 10.1. The molecule has 7 heteroatoms. The van der Waals surface area contributed by atoms with Gasteiger partial charge in [0.2, 0.25) is 5.01 Å². The fraction of sp³-hybridized carbons (Fsp3) is 0.300. The van der Waals surface area contributed by atoms with Crippen LogP contribution in [0.5, 0.6) is 0 Å². The van der Waals surface area contributed by atoms with Crippen molar-refractivity contribution in [2.24, 2.45) is 0 Å². The van der Waals surface area contributed by atoms with Crippen LogP contribution in [-0.4, -0.2) is 28.5 Å². The maximum absolute atomic E-state index is 12.7. The molecule has 2 aromatic heterocycles. The van der Waals surface area contributed by atoms with E-state index in [0.717, 1.165) is 29.4 Å². The van der Waals surface area contributed by atoms with Crippen LogP contribution in [0.4, 0.5) is 0 Å². The van der Waals surface area contributed by atoms with Crippen LogP contribution in [0.1, 0.15) is 57.2 Å². The third kappa shape index (κ3) is 3.83. The SMILES string of the molecule is CCOC(=O)c1nc(COC(=O)c2cc(C3CC3)nc3ccccc23)cs1. The van der Waals surface area contributed by atoms with Gasteiger partial charge in [-0.1, -0.05) is 18.2 Å². The molecule has 0 aliphatic heterocycles. The summed E-state index contributed by atoms with van der Waals surface area (Å²) in [4.78, 5) is 33.2. The molecule has 3 aromatic rings. The van der Waals surface area contributed by atoms with E-state index in [1.54, 1.807) is 12.3 Å². The molecule has 0 unspecified atom stereocenters. The molecule has 0 atom stereocenters. The molecule has 1 aromatic carbocycles. The van der Waals surface area contributed by atoms with Gasteiger partial charge in [-0.25, -0.2) is 14.6 Å². The molecule has 2 heterocycles. The van der Waals surface area contributed by atoms with Crippen molar-refractivity contribution in [3.63, 3.8) is 0 Å². The third-order valence-electron chi connectivity index (χ3n) is 4.30. The first kappa shape index (κ1) is 17.6. The van der Waals surface area contributed by atoms with E-state index in [4.69, 9.17) is 9.47 Å². The Bertz CT molecular complexity index is 1010. The van der Waals surface area contributed by atoms with Crippen molar-refractivity contribution in [1.82, 2.24) is 9.97 Å². The summed E-state index contributed by atoms with van der Waals surface area (Å²) in [5, 5.41) is 2.73. The molecule has 0 radical (unpaired) electrons. The largest absolute Gasteiger partial charge is 0.461 e. The van der Waals surface area contributed by atoms with E-state index in [1.807, 2.05) is 30.3 Å². The van der Waals surface area contributed by atoms with Crippen LogP contribution < -0.4 is 0 Å². The summed E-state index contributed by atoms with van der Waals surface area (Å²) in [6, 6.07) is 9.41. The molecule has 138 valence electrons. The standard InChI is InChI=1S/C20H18N2O4S/c1-2-25-20(24)18-21-13(11-27-18)10-26-19(23)15-9-17(12-7-8-12)22-16-6-4-3-5-14(15)16/h3-6,9,11-12H,2,7-8,10H2,1H3. The van der Waals surface area contributed by atoms with E-state index in [-0.39, 0.29) is 11.6 Å². The van der Waals surface area contributed by atoms with Gasteiger partial charge in [0.25, 0.3) is 0 Å². The van der Waals surface area contributed by atoms with E-state index < -0.39 is 11.9 Å². The number of thiazole rings is 1. The number of rotatable bonds is 6.